The standard InChI is InChI=1S/C10H14N3O3/c1-7(10(11)15)2-3-8(14)13-6-9-12-4-5-16-9/h3-5,7H,2,6H2,1H3,(H2,11,15)(H,13,14)/t7-/m0/s1. The number of hydrogen-bond donors (Lipinski definition) is 2. The van der Waals surface area contributed by atoms with Gasteiger partial charge in [-0.25, -0.2) is 4.98 Å². The van der Waals surface area contributed by atoms with E-state index in [0.717, 1.165) is 0 Å². The van der Waals surface area contributed by atoms with Crippen molar-refractivity contribution in [3.63, 3.8) is 0 Å². The molecule has 3 N–H and O–H groups in total. The van der Waals surface area contributed by atoms with Crippen LogP contribution in [0.5, 0.6) is 0 Å². The molecule has 87 valence electrons. The molecule has 0 aliphatic heterocycles. The highest BCUT2D eigenvalue weighted by molar-refractivity contribution is 5.85. The van der Waals surface area contributed by atoms with Gasteiger partial charge < -0.3 is 15.5 Å². The number of nitrogens with one attached hydrogen (secondary N) is 1. The smallest absolute Gasteiger partial charge is 0.224 e. The number of carbonyl (C=O) groups is 2. The Morgan fingerprint density at radius 1 is 1.69 bits per heavy atom. The average molecular weight is 224 g/mol. The molecule has 0 saturated heterocycles. The first kappa shape index (κ1) is 12.2. The summed E-state index contributed by atoms with van der Waals surface area (Å²) in [5, 5.41) is 2.58. The molecular weight excluding hydrogens is 210 g/mol. The van der Waals surface area contributed by atoms with Crippen molar-refractivity contribution in [3.8, 4) is 0 Å². The summed E-state index contributed by atoms with van der Waals surface area (Å²) in [5.41, 5.74) is 5.06. The van der Waals surface area contributed by atoms with E-state index in [-0.39, 0.29) is 18.4 Å². The Labute approximate surface area is 93.2 Å². The van der Waals surface area contributed by atoms with Crippen molar-refractivity contribution in [2.45, 2.75) is 19.9 Å². The van der Waals surface area contributed by atoms with Crippen molar-refractivity contribution < 1.29 is 14.0 Å². The molecule has 16 heavy (non-hydrogen) atoms. The lowest BCUT2D eigenvalue weighted by Gasteiger charge is -2.06. The molecule has 0 aliphatic rings. The van der Waals surface area contributed by atoms with Gasteiger partial charge in [0.15, 0.2) is 0 Å². The van der Waals surface area contributed by atoms with Crippen LogP contribution in [0.15, 0.2) is 16.9 Å². The van der Waals surface area contributed by atoms with E-state index in [9.17, 15) is 9.59 Å². The van der Waals surface area contributed by atoms with Crippen LogP contribution in [0.4, 0.5) is 0 Å². The van der Waals surface area contributed by atoms with Gasteiger partial charge in [0.2, 0.25) is 17.7 Å². The maximum atomic E-state index is 11.3. The van der Waals surface area contributed by atoms with Crippen molar-refractivity contribution in [3.05, 3.63) is 24.8 Å². The van der Waals surface area contributed by atoms with Crippen LogP contribution in [0.25, 0.3) is 0 Å². The predicted molar refractivity (Wildman–Crippen MR) is 55.6 cm³/mol. The Bertz CT molecular complexity index is 348. The van der Waals surface area contributed by atoms with Crippen LogP contribution in [0.2, 0.25) is 0 Å². The molecule has 0 aliphatic carbocycles. The van der Waals surface area contributed by atoms with Crippen LogP contribution < -0.4 is 11.1 Å². The summed E-state index contributed by atoms with van der Waals surface area (Å²) in [6.07, 6.45) is 4.64. The van der Waals surface area contributed by atoms with E-state index in [0.29, 0.717) is 12.3 Å². The molecule has 1 rings (SSSR count). The number of carbonyl (C=O) groups excluding carboxylic acids is 2. The van der Waals surface area contributed by atoms with Crippen LogP contribution in [-0.4, -0.2) is 16.8 Å². The lowest BCUT2D eigenvalue weighted by atomic mass is 10.1. The Kier molecular flexibility index (Phi) is 4.50. The van der Waals surface area contributed by atoms with Crippen molar-refractivity contribution in [1.29, 1.82) is 0 Å². The second-order valence-corrected chi connectivity index (χ2v) is 3.39. The van der Waals surface area contributed by atoms with Crippen LogP contribution in [0.1, 0.15) is 19.2 Å². The summed E-state index contributed by atoms with van der Waals surface area (Å²) in [7, 11) is 0. The highest BCUT2D eigenvalue weighted by Crippen LogP contribution is 2.03. The molecule has 6 heteroatoms. The summed E-state index contributed by atoms with van der Waals surface area (Å²) >= 11 is 0. The molecule has 1 radical (unpaired) electrons. The van der Waals surface area contributed by atoms with Gasteiger partial charge in [-0.2, -0.15) is 0 Å². The number of hydrogen-bond acceptors (Lipinski definition) is 4. The zero-order valence-corrected chi connectivity index (χ0v) is 8.97. The van der Waals surface area contributed by atoms with Gasteiger partial charge in [0, 0.05) is 5.92 Å². The second kappa shape index (κ2) is 5.89. The van der Waals surface area contributed by atoms with Gasteiger partial charge >= 0.3 is 0 Å². The minimum atomic E-state index is -0.420. The Hall–Kier alpha value is -1.85. The second-order valence-electron chi connectivity index (χ2n) is 3.39. The number of amides is 2. The summed E-state index contributed by atoms with van der Waals surface area (Å²) in [6.45, 7) is 1.90. The number of oxazole rings is 1. The van der Waals surface area contributed by atoms with Gasteiger partial charge in [-0.1, -0.05) is 6.92 Å². The van der Waals surface area contributed by atoms with E-state index >= 15 is 0 Å². The van der Waals surface area contributed by atoms with E-state index in [2.05, 4.69) is 10.3 Å². The molecular formula is C10H14N3O3. The van der Waals surface area contributed by atoms with Crippen molar-refractivity contribution in [2.75, 3.05) is 0 Å². The summed E-state index contributed by atoms with van der Waals surface area (Å²) in [4.78, 5) is 25.8. The largest absolute Gasteiger partial charge is 0.447 e. The quantitative estimate of drug-likeness (QED) is 0.710. The summed E-state index contributed by atoms with van der Waals surface area (Å²) in [6, 6.07) is 0. The lowest BCUT2D eigenvalue weighted by molar-refractivity contribution is -0.121. The summed E-state index contributed by atoms with van der Waals surface area (Å²) in [5.74, 6) is -0.597. The molecule has 1 atom stereocenters. The molecule has 6 nitrogen and oxygen atoms in total. The molecule has 0 fully saturated rings. The van der Waals surface area contributed by atoms with Crippen LogP contribution in [0, 0.1) is 12.3 Å². The fourth-order valence-electron chi connectivity index (χ4n) is 0.975. The summed E-state index contributed by atoms with van der Waals surface area (Å²) < 4.78 is 4.93. The van der Waals surface area contributed by atoms with Crippen LogP contribution >= 0.6 is 0 Å². The zero-order chi connectivity index (χ0) is 12.0. The Morgan fingerprint density at radius 3 is 3.00 bits per heavy atom. The van der Waals surface area contributed by atoms with E-state index in [4.69, 9.17) is 10.2 Å². The van der Waals surface area contributed by atoms with Gasteiger partial charge in [0.05, 0.1) is 19.2 Å². The Morgan fingerprint density at radius 2 is 2.44 bits per heavy atom. The van der Waals surface area contributed by atoms with Crippen molar-refractivity contribution in [2.24, 2.45) is 11.7 Å². The van der Waals surface area contributed by atoms with Gasteiger partial charge in [0.1, 0.15) is 6.26 Å². The molecule has 0 saturated carbocycles. The SMILES string of the molecule is C[C@@H](C[CH]C(=O)NCc1ncco1)C(N)=O. The molecule has 0 spiro atoms. The van der Waals surface area contributed by atoms with Gasteiger partial charge in [-0.3, -0.25) is 9.59 Å². The molecule has 2 amide bonds. The molecule has 1 aromatic rings. The van der Waals surface area contributed by atoms with E-state index in [1.54, 1.807) is 6.92 Å². The first-order valence-electron chi connectivity index (χ1n) is 4.88. The third-order valence-corrected chi connectivity index (χ3v) is 2.04. The molecule has 0 unspecified atom stereocenters. The fraction of sp³-hybridized carbons (Fsp3) is 0.400. The zero-order valence-electron chi connectivity index (χ0n) is 8.97. The van der Waals surface area contributed by atoms with E-state index in [1.165, 1.54) is 18.9 Å². The highest BCUT2D eigenvalue weighted by atomic mass is 16.3. The number of nitrogens with two attached hydrogens (primary N) is 1. The maximum Gasteiger partial charge on any atom is 0.224 e. The number of rotatable bonds is 6. The average Bonchev–Trinajstić information content (AvgIpc) is 2.75. The molecule has 1 aromatic heterocycles. The number of aromatic nitrogens is 1. The first-order chi connectivity index (χ1) is 7.59. The van der Waals surface area contributed by atoms with Crippen molar-refractivity contribution in [1.82, 2.24) is 10.3 Å². The normalized spacial score (nSPS) is 12.1. The van der Waals surface area contributed by atoms with Crippen LogP contribution in [-0.2, 0) is 16.1 Å². The van der Waals surface area contributed by atoms with Crippen LogP contribution in [0.3, 0.4) is 0 Å². The number of nitrogens with zero attached hydrogens (tertiary/aromatic N) is 1. The fourth-order valence-corrected chi connectivity index (χ4v) is 0.975. The van der Waals surface area contributed by atoms with E-state index < -0.39 is 5.91 Å². The molecule has 1 heterocycles. The third-order valence-electron chi connectivity index (χ3n) is 2.04. The Balaban J connectivity index is 2.19. The monoisotopic (exact) mass is 224 g/mol. The number of primary amides is 1. The minimum absolute atomic E-state index is 0.229. The van der Waals surface area contributed by atoms with Gasteiger partial charge in [0.25, 0.3) is 0 Å². The molecule has 0 aromatic carbocycles. The van der Waals surface area contributed by atoms with Crippen molar-refractivity contribution >= 4 is 11.8 Å². The first-order valence-corrected chi connectivity index (χ1v) is 4.88. The lowest BCUT2D eigenvalue weighted by Crippen LogP contribution is -2.26. The predicted octanol–water partition coefficient (Wildman–Crippen LogP) is 0.00659. The maximum absolute atomic E-state index is 11.3. The van der Waals surface area contributed by atoms with Gasteiger partial charge in [-0.15, -0.1) is 0 Å². The topological polar surface area (TPSA) is 98.2 Å². The highest BCUT2D eigenvalue weighted by Gasteiger charge is 2.11. The third kappa shape index (κ3) is 4.12. The van der Waals surface area contributed by atoms with E-state index in [1.807, 2.05) is 0 Å². The molecule has 0 bridgehead atoms. The minimum Gasteiger partial charge on any atom is -0.447 e. The van der Waals surface area contributed by atoms with Gasteiger partial charge in [-0.05, 0) is 6.42 Å².